The molecule has 2 rings (SSSR count). The SMILES string of the molecule is CCOC(=O)c1nn(-c2cccc([N+](=O)[O-])c2)c(=O)c(C#N)c1C. The molecule has 0 bridgehead atoms. The minimum absolute atomic E-state index is 0.0660. The van der Waals surface area contributed by atoms with E-state index in [1.165, 1.54) is 25.1 Å². The van der Waals surface area contributed by atoms with Gasteiger partial charge in [0.2, 0.25) is 0 Å². The Hall–Kier alpha value is -3.54. The number of esters is 1. The van der Waals surface area contributed by atoms with Gasteiger partial charge in [0.1, 0.15) is 11.6 Å². The van der Waals surface area contributed by atoms with E-state index in [4.69, 9.17) is 4.74 Å². The molecule has 0 saturated carbocycles. The third-order valence-corrected chi connectivity index (χ3v) is 3.20. The Kier molecular flexibility index (Phi) is 4.70. The van der Waals surface area contributed by atoms with E-state index in [1.807, 2.05) is 0 Å². The fourth-order valence-corrected chi connectivity index (χ4v) is 2.04. The van der Waals surface area contributed by atoms with E-state index in [9.17, 15) is 25.0 Å². The highest BCUT2D eigenvalue weighted by Gasteiger charge is 2.21. The molecule has 1 aromatic heterocycles. The standard InChI is InChI=1S/C15H12N4O5/c1-3-24-15(21)13-9(2)12(8-16)14(20)18(17-13)10-5-4-6-11(7-10)19(22)23/h4-7H,3H2,1-2H3. The predicted octanol–water partition coefficient (Wildman–Crippen LogP) is 1.50. The fourth-order valence-electron chi connectivity index (χ4n) is 2.04. The molecule has 122 valence electrons. The zero-order chi connectivity index (χ0) is 17.9. The average molecular weight is 328 g/mol. The van der Waals surface area contributed by atoms with Crippen LogP contribution in [0.15, 0.2) is 29.1 Å². The van der Waals surface area contributed by atoms with Crippen molar-refractivity contribution in [2.24, 2.45) is 0 Å². The molecule has 1 aromatic carbocycles. The largest absolute Gasteiger partial charge is 0.461 e. The second-order valence-corrected chi connectivity index (χ2v) is 4.67. The summed E-state index contributed by atoms with van der Waals surface area (Å²) in [4.78, 5) is 34.6. The molecule has 2 aromatic rings. The lowest BCUT2D eigenvalue weighted by atomic mass is 10.1. The summed E-state index contributed by atoms with van der Waals surface area (Å²) in [6.45, 7) is 3.11. The first kappa shape index (κ1) is 16.8. The molecule has 0 fully saturated rings. The molecule has 9 nitrogen and oxygen atoms in total. The van der Waals surface area contributed by atoms with Crippen LogP contribution in [0.4, 0.5) is 5.69 Å². The van der Waals surface area contributed by atoms with Gasteiger partial charge in [-0.3, -0.25) is 14.9 Å². The number of non-ortho nitro benzene ring substituents is 1. The third-order valence-electron chi connectivity index (χ3n) is 3.20. The summed E-state index contributed by atoms with van der Waals surface area (Å²) in [6.07, 6.45) is 0. The molecule has 0 aliphatic rings. The van der Waals surface area contributed by atoms with Crippen LogP contribution < -0.4 is 5.56 Å². The Balaban J connectivity index is 2.75. The Morgan fingerprint density at radius 2 is 2.21 bits per heavy atom. The van der Waals surface area contributed by atoms with Crippen molar-refractivity contribution >= 4 is 11.7 Å². The van der Waals surface area contributed by atoms with Gasteiger partial charge in [-0.25, -0.2) is 4.79 Å². The number of rotatable bonds is 4. The fraction of sp³-hybridized carbons (Fsp3) is 0.200. The number of carbonyl (C=O) groups is 1. The number of nitrogens with zero attached hydrogens (tertiary/aromatic N) is 4. The van der Waals surface area contributed by atoms with E-state index < -0.39 is 16.5 Å². The normalized spacial score (nSPS) is 10.0. The van der Waals surface area contributed by atoms with Crippen molar-refractivity contribution in [2.45, 2.75) is 13.8 Å². The van der Waals surface area contributed by atoms with Crippen LogP contribution in [0.1, 0.15) is 28.5 Å². The average Bonchev–Trinajstić information content (AvgIpc) is 2.55. The molecule has 24 heavy (non-hydrogen) atoms. The van der Waals surface area contributed by atoms with E-state index in [-0.39, 0.29) is 34.8 Å². The Morgan fingerprint density at radius 1 is 1.50 bits per heavy atom. The van der Waals surface area contributed by atoms with Gasteiger partial charge in [-0.15, -0.1) is 0 Å². The van der Waals surface area contributed by atoms with Crippen LogP contribution in [-0.2, 0) is 4.74 Å². The molecule has 0 N–H and O–H groups in total. The molecule has 1 heterocycles. The highest BCUT2D eigenvalue weighted by Crippen LogP contribution is 2.16. The van der Waals surface area contributed by atoms with Gasteiger partial charge in [0.25, 0.3) is 11.2 Å². The Morgan fingerprint density at radius 3 is 2.79 bits per heavy atom. The number of hydrogen-bond donors (Lipinski definition) is 0. The van der Waals surface area contributed by atoms with Crippen LogP contribution in [0.25, 0.3) is 5.69 Å². The third kappa shape index (κ3) is 2.98. The van der Waals surface area contributed by atoms with Crippen molar-refractivity contribution in [1.29, 1.82) is 5.26 Å². The zero-order valence-electron chi connectivity index (χ0n) is 12.8. The molecule has 0 aliphatic heterocycles. The number of ether oxygens (including phenoxy) is 1. The van der Waals surface area contributed by atoms with Crippen molar-refractivity contribution in [3.05, 3.63) is 61.6 Å². The van der Waals surface area contributed by atoms with Crippen LogP contribution in [0.5, 0.6) is 0 Å². The molecular weight excluding hydrogens is 316 g/mol. The monoisotopic (exact) mass is 328 g/mol. The number of carbonyl (C=O) groups excluding carboxylic acids is 1. The van der Waals surface area contributed by atoms with E-state index in [0.717, 1.165) is 10.7 Å². The lowest BCUT2D eigenvalue weighted by Crippen LogP contribution is -2.28. The lowest BCUT2D eigenvalue weighted by molar-refractivity contribution is -0.384. The summed E-state index contributed by atoms with van der Waals surface area (Å²) >= 11 is 0. The quantitative estimate of drug-likeness (QED) is 0.472. The number of nitro groups is 1. The molecule has 0 atom stereocenters. The second kappa shape index (κ2) is 6.70. The van der Waals surface area contributed by atoms with Gasteiger partial charge in [-0.2, -0.15) is 15.0 Å². The lowest BCUT2D eigenvalue weighted by Gasteiger charge is -2.10. The maximum atomic E-state index is 12.4. The van der Waals surface area contributed by atoms with E-state index in [2.05, 4.69) is 5.10 Å². The Bertz CT molecular complexity index is 926. The molecule has 9 heteroatoms. The number of hydrogen-bond acceptors (Lipinski definition) is 7. The van der Waals surface area contributed by atoms with Crippen molar-refractivity contribution in [2.75, 3.05) is 6.61 Å². The summed E-state index contributed by atoms with van der Waals surface area (Å²) in [7, 11) is 0. The van der Waals surface area contributed by atoms with Gasteiger partial charge in [0.15, 0.2) is 5.69 Å². The summed E-state index contributed by atoms with van der Waals surface area (Å²) in [5.41, 5.74) is -1.33. The van der Waals surface area contributed by atoms with Gasteiger partial charge in [-0.1, -0.05) is 6.07 Å². The maximum Gasteiger partial charge on any atom is 0.359 e. The summed E-state index contributed by atoms with van der Waals surface area (Å²) in [5.74, 6) is -0.786. The molecule has 0 aliphatic carbocycles. The predicted molar refractivity (Wildman–Crippen MR) is 81.9 cm³/mol. The maximum absolute atomic E-state index is 12.4. The zero-order valence-corrected chi connectivity index (χ0v) is 12.8. The molecule has 0 spiro atoms. The van der Waals surface area contributed by atoms with Gasteiger partial charge in [-0.05, 0) is 19.9 Å². The summed E-state index contributed by atoms with van der Waals surface area (Å²) in [5, 5.41) is 24.0. The van der Waals surface area contributed by atoms with Crippen LogP contribution >= 0.6 is 0 Å². The van der Waals surface area contributed by atoms with Gasteiger partial charge in [0.05, 0.1) is 17.2 Å². The van der Waals surface area contributed by atoms with Gasteiger partial charge in [0, 0.05) is 17.7 Å². The number of benzene rings is 1. The molecular formula is C15H12N4O5. The van der Waals surface area contributed by atoms with Crippen molar-refractivity contribution in [1.82, 2.24) is 9.78 Å². The topological polar surface area (TPSA) is 128 Å². The molecule has 0 radical (unpaired) electrons. The van der Waals surface area contributed by atoms with Crippen LogP contribution in [-0.4, -0.2) is 27.3 Å². The summed E-state index contributed by atoms with van der Waals surface area (Å²) in [6, 6.07) is 6.89. The number of nitro benzene ring substituents is 1. The molecule has 0 amide bonds. The number of nitriles is 1. The second-order valence-electron chi connectivity index (χ2n) is 4.67. The van der Waals surface area contributed by atoms with E-state index >= 15 is 0 Å². The number of aromatic nitrogens is 2. The first-order chi connectivity index (χ1) is 11.4. The van der Waals surface area contributed by atoms with Gasteiger partial charge < -0.3 is 4.74 Å². The Labute approximate surface area is 135 Å². The first-order valence-corrected chi connectivity index (χ1v) is 6.86. The minimum atomic E-state index is -0.786. The van der Waals surface area contributed by atoms with E-state index in [0.29, 0.717) is 0 Å². The van der Waals surface area contributed by atoms with Gasteiger partial charge >= 0.3 is 5.97 Å². The summed E-state index contributed by atoms with van der Waals surface area (Å²) < 4.78 is 5.65. The van der Waals surface area contributed by atoms with Crippen molar-refractivity contribution < 1.29 is 14.5 Å². The van der Waals surface area contributed by atoms with Crippen molar-refractivity contribution in [3.63, 3.8) is 0 Å². The smallest absolute Gasteiger partial charge is 0.359 e. The van der Waals surface area contributed by atoms with Crippen LogP contribution in [0, 0.1) is 28.4 Å². The first-order valence-electron chi connectivity index (χ1n) is 6.86. The highest BCUT2D eigenvalue weighted by atomic mass is 16.6. The molecule has 0 unspecified atom stereocenters. The van der Waals surface area contributed by atoms with Crippen LogP contribution in [0.2, 0.25) is 0 Å². The highest BCUT2D eigenvalue weighted by molar-refractivity contribution is 5.89. The minimum Gasteiger partial charge on any atom is -0.461 e. The van der Waals surface area contributed by atoms with E-state index in [1.54, 1.807) is 13.0 Å². The van der Waals surface area contributed by atoms with Crippen LogP contribution in [0.3, 0.4) is 0 Å². The molecule has 0 saturated heterocycles. The van der Waals surface area contributed by atoms with Crippen molar-refractivity contribution in [3.8, 4) is 11.8 Å².